The lowest BCUT2D eigenvalue weighted by Gasteiger charge is -2.28. The van der Waals surface area contributed by atoms with E-state index in [1.165, 1.54) is 0 Å². The lowest BCUT2D eigenvalue weighted by molar-refractivity contribution is 0.0274. The van der Waals surface area contributed by atoms with Crippen molar-refractivity contribution in [1.82, 2.24) is 10.1 Å². The van der Waals surface area contributed by atoms with Gasteiger partial charge < -0.3 is 14.5 Å². The van der Waals surface area contributed by atoms with Gasteiger partial charge in [0.15, 0.2) is 5.69 Å². The SMILES string of the molecule is Cc1cc(C(=O)N(Cc2ccccc2)CC(C)(C)O)no1. The molecule has 0 unspecified atom stereocenters. The van der Waals surface area contributed by atoms with E-state index in [9.17, 15) is 9.90 Å². The highest BCUT2D eigenvalue weighted by Crippen LogP contribution is 2.14. The first-order valence-corrected chi connectivity index (χ1v) is 6.84. The molecule has 2 rings (SSSR count). The molecule has 0 aliphatic rings. The number of aromatic nitrogens is 1. The summed E-state index contributed by atoms with van der Waals surface area (Å²) in [6.45, 7) is 5.71. The van der Waals surface area contributed by atoms with Gasteiger partial charge in [0.25, 0.3) is 5.91 Å². The first kappa shape index (κ1) is 15.3. The van der Waals surface area contributed by atoms with E-state index in [1.807, 2.05) is 30.3 Å². The molecule has 112 valence electrons. The molecule has 0 bridgehead atoms. The zero-order valence-electron chi connectivity index (χ0n) is 12.5. The minimum absolute atomic E-state index is 0.215. The fourth-order valence-corrected chi connectivity index (χ4v) is 2.10. The van der Waals surface area contributed by atoms with Gasteiger partial charge in [0, 0.05) is 19.2 Å². The van der Waals surface area contributed by atoms with Gasteiger partial charge in [-0.1, -0.05) is 35.5 Å². The van der Waals surface area contributed by atoms with Crippen LogP contribution in [0.2, 0.25) is 0 Å². The summed E-state index contributed by atoms with van der Waals surface area (Å²) in [6.07, 6.45) is 0. The fourth-order valence-electron chi connectivity index (χ4n) is 2.10. The lowest BCUT2D eigenvalue weighted by Crippen LogP contribution is -2.41. The summed E-state index contributed by atoms with van der Waals surface area (Å²) >= 11 is 0. The van der Waals surface area contributed by atoms with Crippen molar-refractivity contribution >= 4 is 5.91 Å². The Morgan fingerprint density at radius 2 is 2.00 bits per heavy atom. The number of amides is 1. The minimum Gasteiger partial charge on any atom is -0.389 e. The maximum atomic E-state index is 12.5. The number of hydrogen-bond acceptors (Lipinski definition) is 4. The summed E-state index contributed by atoms with van der Waals surface area (Å²) in [5.74, 6) is 0.332. The van der Waals surface area contributed by atoms with Crippen LogP contribution in [0.15, 0.2) is 40.9 Å². The van der Waals surface area contributed by atoms with Crippen LogP contribution in [0.25, 0.3) is 0 Å². The molecule has 2 aromatic rings. The van der Waals surface area contributed by atoms with E-state index in [1.54, 1.807) is 31.7 Å². The van der Waals surface area contributed by atoms with Crippen molar-refractivity contribution in [1.29, 1.82) is 0 Å². The smallest absolute Gasteiger partial charge is 0.276 e. The molecule has 1 amide bonds. The van der Waals surface area contributed by atoms with Gasteiger partial charge in [0.05, 0.1) is 5.60 Å². The van der Waals surface area contributed by atoms with Gasteiger partial charge in [0.2, 0.25) is 0 Å². The third-order valence-electron chi connectivity index (χ3n) is 2.93. The van der Waals surface area contributed by atoms with Crippen LogP contribution in [-0.2, 0) is 6.54 Å². The normalized spacial score (nSPS) is 11.4. The predicted octanol–water partition coefficient (Wildman–Crippen LogP) is 2.40. The molecular weight excluding hydrogens is 268 g/mol. The Balaban J connectivity index is 2.21. The Kier molecular flexibility index (Phi) is 4.43. The van der Waals surface area contributed by atoms with Gasteiger partial charge in [-0.3, -0.25) is 4.79 Å². The van der Waals surface area contributed by atoms with Gasteiger partial charge in [-0.05, 0) is 26.3 Å². The number of benzene rings is 1. The van der Waals surface area contributed by atoms with Crippen LogP contribution in [0, 0.1) is 6.92 Å². The van der Waals surface area contributed by atoms with Crippen molar-refractivity contribution in [3.8, 4) is 0 Å². The van der Waals surface area contributed by atoms with Crippen LogP contribution in [-0.4, -0.2) is 33.2 Å². The van der Waals surface area contributed by atoms with Crippen LogP contribution in [0.4, 0.5) is 0 Å². The summed E-state index contributed by atoms with van der Waals surface area (Å²) in [7, 11) is 0. The Morgan fingerprint density at radius 1 is 1.33 bits per heavy atom. The van der Waals surface area contributed by atoms with Gasteiger partial charge in [-0.2, -0.15) is 0 Å². The topological polar surface area (TPSA) is 66.6 Å². The molecule has 0 aliphatic heterocycles. The maximum absolute atomic E-state index is 12.5. The van der Waals surface area contributed by atoms with Gasteiger partial charge in [-0.25, -0.2) is 0 Å². The number of aryl methyl sites for hydroxylation is 1. The van der Waals surface area contributed by atoms with E-state index in [0.29, 0.717) is 12.3 Å². The lowest BCUT2D eigenvalue weighted by atomic mass is 10.1. The third kappa shape index (κ3) is 4.43. The zero-order chi connectivity index (χ0) is 15.5. The number of carbonyl (C=O) groups is 1. The van der Waals surface area contributed by atoms with E-state index in [4.69, 9.17) is 4.52 Å². The summed E-state index contributed by atoms with van der Waals surface area (Å²) in [6, 6.07) is 11.2. The van der Waals surface area contributed by atoms with Crippen LogP contribution in [0.1, 0.15) is 35.7 Å². The van der Waals surface area contributed by atoms with Gasteiger partial charge >= 0.3 is 0 Å². The Hall–Kier alpha value is -2.14. The molecule has 1 heterocycles. The highest BCUT2D eigenvalue weighted by Gasteiger charge is 2.25. The molecule has 0 saturated heterocycles. The van der Waals surface area contributed by atoms with Crippen LogP contribution in [0.5, 0.6) is 0 Å². The Bertz CT molecular complexity index is 599. The zero-order valence-corrected chi connectivity index (χ0v) is 12.5. The Morgan fingerprint density at radius 3 is 2.52 bits per heavy atom. The molecular formula is C16H20N2O3. The van der Waals surface area contributed by atoms with Crippen LogP contribution in [0.3, 0.4) is 0 Å². The van der Waals surface area contributed by atoms with Crippen LogP contribution < -0.4 is 0 Å². The third-order valence-corrected chi connectivity index (χ3v) is 2.93. The second-order valence-electron chi connectivity index (χ2n) is 5.78. The van der Waals surface area contributed by atoms with E-state index in [-0.39, 0.29) is 18.1 Å². The average molecular weight is 288 g/mol. The second kappa shape index (κ2) is 6.10. The van der Waals surface area contributed by atoms with Crippen molar-refractivity contribution in [3.63, 3.8) is 0 Å². The van der Waals surface area contributed by atoms with Crippen molar-refractivity contribution in [2.45, 2.75) is 32.9 Å². The molecule has 1 N–H and O–H groups in total. The second-order valence-corrected chi connectivity index (χ2v) is 5.78. The van der Waals surface area contributed by atoms with Gasteiger partial charge in [0.1, 0.15) is 5.76 Å². The van der Waals surface area contributed by atoms with E-state index < -0.39 is 5.60 Å². The maximum Gasteiger partial charge on any atom is 0.276 e. The van der Waals surface area contributed by atoms with E-state index in [2.05, 4.69) is 5.16 Å². The van der Waals surface area contributed by atoms with Crippen molar-refractivity contribution in [2.75, 3.05) is 6.54 Å². The first-order chi connectivity index (χ1) is 9.85. The largest absolute Gasteiger partial charge is 0.389 e. The molecule has 0 spiro atoms. The number of rotatable bonds is 5. The molecule has 5 nitrogen and oxygen atoms in total. The van der Waals surface area contributed by atoms with Gasteiger partial charge in [-0.15, -0.1) is 0 Å². The minimum atomic E-state index is -0.983. The average Bonchev–Trinajstić information content (AvgIpc) is 2.83. The number of nitrogens with zero attached hydrogens (tertiary/aromatic N) is 2. The van der Waals surface area contributed by atoms with Crippen molar-refractivity contribution in [2.24, 2.45) is 0 Å². The summed E-state index contributed by atoms with van der Waals surface area (Å²) in [5, 5.41) is 13.8. The summed E-state index contributed by atoms with van der Waals surface area (Å²) in [5.41, 5.74) is 0.270. The van der Waals surface area contributed by atoms with Crippen molar-refractivity contribution < 1.29 is 14.4 Å². The standard InChI is InChI=1S/C16H20N2O3/c1-12-9-14(17-21-12)15(19)18(11-16(2,3)20)10-13-7-5-4-6-8-13/h4-9,20H,10-11H2,1-3H3. The molecule has 21 heavy (non-hydrogen) atoms. The highest BCUT2D eigenvalue weighted by molar-refractivity contribution is 5.92. The monoisotopic (exact) mass is 288 g/mol. The van der Waals surface area contributed by atoms with Crippen molar-refractivity contribution in [3.05, 3.63) is 53.4 Å². The number of carbonyl (C=O) groups excluding carboxylic acids is 1. The molecule has 0 atom stereocenters. The highest BCUT2D eigenvalue weighted by atomic mass is 16.5. The molecule has 1 aromatic carbocycles. The molecule has 5 heteroatoms. The van der Waals surface area contributed by atoms with Crippen LogP contribution >= 0.6 is 0 Å². The quantitative estimate of drug-likeness (QED) is 0.917. The predicted molar refractivity (Wildman–Crippen MR) is 78.7 cm³/mol. The Labute approximate surface area is 124 Å². The molecule has 0 fully saturated rings. The first-order valence-electron chi connectivity index (χ1n) is 6.84. The van der Waals surface area contributed by atoms with E-state index >= 15 is 0 Å². The molecule has 0 radical (unpaired) electrons. The summed E-state index contributed by atoms with van der Waals surface area (Å²) in [4.78, 5) is 14.1. The molecule has 1 aromatic heterocycles. The number of hydrogen-bond donors (Lipinski definition) is 1. The number of aliphatic hydroxyl groups is 1. The van der Waals surface area contributed by atoms with E-state index in [0.717, 1.165) is 5.56 Å². The molecule has 0 aliphatic carbocycles. The molecule has 0 saturated carbocycles. The fraction of sp³-hybridized carbons (Fsp3) is 0.375. The summed E-state index contributed by atoms with van der Waals surface area (Å²) < 4.78 is 4.96.